The van der Waals surface area contributed by atoms with E-state index in [0.717, 1.165) is 19.3 Å². The third kappa shape index (κ3) is 36.5. The summed E-state index contributed by atoms with van der Waals surface area (Å²) in [7, 11) is 1.60. The van der Waals surface area contributed by atoms with Crippen molar-refractivity contribution in [2.75, 3.05) is 106 Å². The Hall–Kier alpha value is -2.36. The van der Waals surface area contributed by atoms with Crippen molar-refractivity contribution in [3.63, 3.8) is 0 Å². The highest BCUT2D eigenvalue weighted by molar-refractivity contribution is 5.84. The number of carbonyl (C=O) groups is 4. The molecule has 4 amide bonds. The van der Waals surface area contributed by atoms with Crippen molar-refractivity contribution in [1.82, 2.24) is 21.3 Å². The molecule has 0 aromatic carbocycles. The predicted molar refractivity (Wildman–Crippen MR) is 184 cm³/mol. The minimum atomic E-state index is -0.272. The van der Waals surface area contributed by atoms with Gasteiger partial charge in [-0.15, -0.1) is 0 Å². The molecule has 14 nitrogen and oxygen atoms in total. The third-order valence-corrected chi connectivity index (χ3v) is 7.05. The van der Waals surface area contributed by atoms with Crippen molar-refractivity contribution in [2.24, 2.45) is 0 Å². The largest absolute Gasteiger partial charge is 0.382 e. The number of rotatable bonds is 37. The molecule has 4 N–H and O–H groups in total. The van der Waals surface area contributed by atoms with Crippen LogP contribution in [0.25, 0.3) is 0 Å². The summed E-state index contributed by atoms with van der Waals surface area (Å²) in [5, 5.41) is 10.7. The van der Waals surface area contributed by atoms with Gasteiger partial charge >= 0.3 is 0 Å². The molecule has 0 atom stereocenters. The molecule has 0 saturated heterocycles. The molecule has 0 fully saturated rings. The summed E-state index contributed by atoms with van der Waals surface area (Å²) < 4.78 is 31.4. The maximum absolute atomic E-state index is 12.0. The first kappa shape index (κ1) is 45.6. The summed E-state index contributed by atoms with van der Waals surface area (Å²) in [4.78, 5) is 47.3. The van der Waals surface area contributed by atoms with E-state index in [2.05, 4.69) is 28.2 Å². The Bertz CT molecular complexity index is 776. The van der Waals surface area contributed by atoms with Crippen LogP contribution in [0.4, 0.5) is 0 Å². The van der Waals surface area contributed by atoms with Crippen LogP contribution < -0.4 is 21.3 Å². The number of methoxy groups -OCH3 is 1. The van der Waals surface area contributed by atoms with Crippen LogP contribution in [0, 0.1) is 0 Å². The molecule has 14 heteroatoms. The molecule has 0 heterocycles. The fraction of sp³-hybridized carbons (Fsp3) is 0.882. The lowest BCUT2D eigenvalue weighted by Crippen LogP contribution is -2.38. The van der Waals surface area contributed by atoms with Crippen LogP contribution in [0.5, 0.6) is 0 Å². The van der Waals surface area contributed by atoms with Crippen LogP contribution in [-0.4, -0.2) is 130 Å². The molecule has 0 unspecified atom stereocenters. The van der Waals surface area contributed by atoms with Gasteiger partial charge in [0.1, 0.15) is 13.2 Å². The zero-order valence-corrected chi connectivity index (χ0v) is 29.9. The number of carbonyl (C=O) groups excluding carboxylic acids is 4. The maximum Gasteiger partial charge on any atom is 0.246 e. The van der Waals surface area contributed by atoms with Crippen molar-refractivity contribution in [3.8, 4) is 0 Å². The summed E-state index contributed by atoms with van der Waals surface area (Å²) in [5.41, 5.74) is 0. The Morgan fingerprint density at radius 1 is 0.417 bits per heavy atom. The first-order chi connectivity index (χ1) is 23.5. The second kappa shape index (κ2) is 37.5. The van der Waals surface area contributed by atoms with Crippen molar-refractivity contribution in [3.05, 3.63) is 0 Å². The fourth-order valence-corrected chi connectivity index (χ4v) is 4.36. The molecule has 0 aromatic rings. The Morgan fingerprint density at radius 3 is 1.27 bits per heavy atom. The van der Waals surface area contributed by atoms with Crippen molar-refractivity contribution >= 4 is 23.6 Å². The maximum atomic E-state index is 12.0. The average molecular weight is 691 g/mol. The first-order valence-corrected chi connectivity index (χ1v) is 17.9. The molecule has 0 aromatic heterocycles. The van der Waals surface area contributed by atoms with Crippen molar-refractivity contribution in [1.29, 1.82) is 0 Å². The lowest BCUT2D eigenvalue weighted by atomic mass is 10.0. The SMILES string of the molecule is CCCCCCCCCCCCCCC(=O)NCC(=O)NCCOCCOCC(=O)NCCOCCOCC(=O)NCCOCCOC. The topological polar surface area (TPSA) is 172 Å². The quantitative estimate of drug-likeness (QED) is 0.0709. The van der Waals surface area contributed by atoms with E-state index in [1.54, 1.807) is 7.11 Å². The van der Waals surface area contributed by atoms with E-state index >= 15 is 0 Å². The molecule has 0 aliphatic heterocycles. The summed E-state index contributed by atoms with van der Waals surface area (Å²) in [5.74, 6) is -0.857. The number of amides is 4. The van der Waals surface area contributed by atoms with Gasteiger partial charge in [0, 0.05) is 33.2 Å². The summed E-state index contributed by atoms with van der Waals surface area (Å²) in [6.07, 6.45) is 15.4. The van der Waals surface area contributed by atoms with E-state index in [4.69, 9.17) is 28.4 Å². The monoisotopic (exact) mass is 690 g/mol. The van der Waals surface area contributed by atoms with Crippen LogP contribution in [0.2, 0.25) is 0 Å². The van der Waals surface area contributed by atoms with Gasteiger partial charge in [0.2, 0.25) is 23.6 Å². The normalized spacial score (nSPS) is 11.0. The highest BCUT2D eigenvalue weighted by Gasteiger charge is 2.06. The lowest BCUT2D eigenvalue weighted by molar-refractivity contribution is -0.127. The fourth-order valence-electron chi connectivity index (χ4n) is 4.36. The number of hydrogen-bond acceptors (Lipinski definition) is 10. The standard InChI is InChI=1S/C34H66N4O10/c1-3-4-5-6-7-8-9-10-11-12-13-14-15-31(39)38-28-32(40)35-16-19-45-24-26-47-30-34(42)37-18-21-46-25-27-48-29-33(41)36-17-20-44-23-22-43-2/h3-30H2,1-2H3,(H,35,40)(H,36,41)(H,37,42)(H,38,39). The number of nitrogens with one attached hydrogen (secondary N) is 4. The molecule has 0 spiro atoms. The van der Waals surface area contributed by atoms with Gasteiger partial charge in [-0.1, -0.05) is 77.6 Å². The molecular formula is C34H66N4O10. The molecule has 0 aliphatic carbocycles. The summed E-state index contributed by atoms with van der Waals surface area (Å²) in [6.45, 7) is 6.15. The lowest BCUT2D eigenvalue weighted by Gasteiger charge is -2.09. The molecule has 48 heavy (non-hydrogen) atoms. The van der Waals surface area contributed by atoms with E-state index < -0.39 is 0 Å². The highest BCUT2D eigenvalue weighted by Crippen LogP contribution is 2.12. The van der Waals surface area contributed by atoms with Crippen LogP contribution in [-0.2, 0) is 47.6 Å². The smallest absolute Gasteiger partial charge is 0.246 e. The molecule has 282 valence electrons. The van der Waals surface area contributed by atoms with Gasteiger partial charge in [0.15, 0.2) is 0 Å². The predicted octanol–water partition coefficient (Wildman–Crippen LogP) is 2.27. The minimum Gasteiger partial charge on any atom is -0.382 e. The van der Waals surface area contributed by atoms with E-state index in [1.807, 2.05) is 0 Å². The van der Waals surface area contributed by atoms with E-state index in [0.29, 0.717) is 65.7 Å². The van der Waals surface area contributed by atoms with Crippen molar-refractivity contribution < 1.29 is 47.6 Å². The number of unbranched alkanes of at least 4 members (excludes halogenated alkanes) is 11. The number of hydrogen-bond donors (Lipinski definition) is 4. The van der Waals surface area contributed by atoms with Crippen LogP contribution >= 0.6 is 0 Å². The molecule has 0 aliphatic rings. The highest BCUT2D eigenvalue weighted by atomic mass is 16.5. The Labute approximate surface area is 288 Å². The van der Waals surface area contributed by atoms with Crippen LogP contribution in [0.15, 0.2) is 0 Å². The Morgan fingerprint density at radius 2 is 0.812 bits per heavy atom. The van der Waals surface area contributed by atoms with Gasteiger partial charge in [-0.25, -0.2) is 0 Å². The van der Waals surface area contributed by atoms with E-state index in [-0.39, 0.29) is 63.2 Å². The van der Waals surface area contributed by atoms with Gasteiger partial charge < -0.3 is 49.7 Å². The Kier molecular flexibility index (Phi) is 35.6. The van der Waals surface area contributed by atoms with Gasteiger partial charge in [-0.2, -0.15) is 0 Å². The minimum absolute atomic E-state index is 0.0417. The molecule has 0 saturated carbocycles. The Balaban J connectivity index is 3.39. The molecule has 0 rings (SSSR count). The third-order valence-electron chi connectivity index (χ3n) is 7.05. The van der Waals surface area contributed by atoms with E-state index in [1.165, 1.54) is 57.8 Å². The first-order valence-electron chi connectivity index (χ1n) is 17.9. The van der Waals surface area contributed by atoms with Gasteiger partial charge in [-0.3, -0.25) is 19.2 Å². The van der Waals surface area contributed by atoms with Gasteiger partial charge in [-0.05, 0) is 6.42 Å². The van der Waals surface area contributed by atoms with Gasteiger partial charge in [0.25, 0.3) is 0 Å². The summed E-state index contributed by atoms with van der Waals surface area (Å²) in [6, 6.07) is 0. The zero-order valence-electron chi connectivity index (χ0n) is 29.9. The second-order valence-electron chi connectivity index (χ2n) is 11.4. The van der Waals surface area contributed by atoms with Crippen LogP contribution in [0.3, 0.4) is 0 Å². The number of ether oxygens (including phenoxy) is 6. The molecular weight excluding hydrogens is 624 g/mol. The van der Waals surface area contributed by atoms with Gasteiger partial charge in [0.05, 0.1) is 66.0 Å². The average Bonchev–Trinajstić information content (AvgIpc) is 3.08. The molecule has 0 bridgehead atoms. The zero-order chi connectivity index (χ0) is 35.2. The van der Waals surface area contributed by atoms with Crippen LogP contribution in [0.1, 0.15) is 90.4 Å². The summed E-state index contributed by atoms with van der Waals surface area (Å²) >= 11 is 0. The van der Waals surface area contributed by atoms with E-state index in [9.17, 15) is 19.2 Å². The second-order valence-corrected chi connectivity index (χ2v) is 11.4. The molecule has 0 radical (unpaired) electrons. The van der Waals surface area contributed by atoms with Crippen molar-refractivity contribution in [2.45, 2.75) is 90.4 Å².